The van der Waals surface area contributed by atoms with Gasteiger partial charge in [-0.3, -0.25) is 0 Å². The summed E-state index contributed by atoms with van der Waals surface area (Å²) in [5.41, 5.74) is 11.0. The molecule has 0 aliphatic carbocycles. The molecule has 0 radical (unpaired) electrons. The lowest BCUT2D eigenvalue weighted by atomic mass is 9.92. The first-order valence-electron chi connectivity index (χ1n) is 7.02. The van der Waals surface area contributed by atoms with E-state index in [0.29, 0.717) is 12.3 Å². The van der Waals surface area contributed by atoms with Crippen LogP contribution in [0.3, 0.4) is 0 Å². The summed E-state index contributed by atoms with van der Waals surface area (Å²) < 4.78 is 0.772. The Kier molecular flexibility index (Phi) is 3.43. The minimum absolute atomic E-state index is 0.632. The minimum Gasteiger partial charge on any atom is -0.387 e. The lowest BCUT2D eigenvalue weighted by molar-refractivity contribution is 1.32. The average Bonchev–Trinajstić information content (AvgIpc) is 2.73. The molecule has 0 fully saturated rings. The van der Waals surface area contributed by atoms with Crippen LogP contribution in [0.4, 0.5) is 0 Å². The molecule has 0 aromatic heterocycles. The summed E-state index contributed by atoms with van der Waals surface area (Å²) in [7, 11) is 0. The molecule has 4 rings (SSSR count). The van der Waals surface area contributed by atoms with Crippen molar-refractivity contribution in [2.75, 3.05) is 0 Å². The molecule has 2 heterocycles. The van der Waals surface area contributed by atoms with E-state index < -0.39 is 0 Å². The fraction of sp³-hybridized carbons (Fsp3) is 0.0556. The summed E-state index contributed by atoms with van der Waals surface area (Å²) in [5, 5.41) is 0. The molecule has 0 unspecified atom stereocenters. The van der Waals surface area contributed by atoms with Crippen LogP contribution < -0.4 is 5.73 Å². The second kappa shape index (κ2) is 5.45. The van der Waals surface area contributed by atoms with Gasteiger partial charge in [-0.1, -0.05) is 48.2 Å². The van der Waals surface area contributed by atoms with E-state index in [1.165, 1.54) is 32.1 Å². The summed E-state index contributed by atoms with van der Waals surface area (Å²) in [5.74, 6) is 0.632. The third-order valence-corrected chi connectivity index (χ3v) is 5.36. The van der Waals surface area contributed by atoms with Crippen LogP contribution >= 0.6 is 27.7 Å². The SMILES string of the molecule is NC1=NC(Br)=CC2=C(C1)c1ccccc1Sc1ccccc12. The van der Waals surface area contributed by atoms with Crippen molar-refractivity contribution in [1.82, 2.24) is 0 Å². The van der Waals surface area contributed by atoms with Gasteiger partial charge in [0.15, 0.2) is 0 Å². The van der Waals surface area contributed by atoms with E-state index in [0.717, 1.165) is 4.61 Å². The maximum Gasteiger partial charge on any atom is 0.108 e. The van der Waals surface area contributed by atoms with Gasteiger partial charge in [-0.2, -0.15) is 0 Å². The van der Waals surface area contributed by atoms with Crippen molar-refractivity contribution in [3.8, 4) is 0 Å². The molecule has 4 heteroatoms. The smallest absolute Gasteiger partial charge is 0.108 e. The van der Waals surface area contributed by atoms with Gasteiger partial charge in [0.05, 0.1) is 0 Å². The average molecular weight is 369 g/mol. The Bertz CT molecular complexity index is 865. The van der Waals surface area contributed by atoms with Crippen molar-refractivity contribution in [3.63, 3.8) is 0 Å². The van der Waals surface area contributed by atoms with E-state index in [4.69, 9.17) is 5.73 Å². The second-order valence-corrected chi connectivity index (χ2v) is 7.13. The van der Waals surface area contributed by atoms with Crippen molar-refractivity contribution in [2.45, 2.75) is 16.2 Å². The fourth-order valence-corrected chi connectivity index (χ4v) is 4.45. The summed E-state index contributed by atoms with van der Waals surface area (Å²) in [6.45, 7) is 0. The quantitative estimate of drug-likeness (QED) is 0.660. The molecule has 0 spiro atoms. The number of halogens is 1. The van der Waals surface area contributed by atoms with Gasteiger partial charge in [0.1, 0.15) is 10.4 Å². The van der Waals surface area contributed by atoms with E-state index in [9.17, 15) is 0 Å². The highest BCUT2D eigenvalue weighted by Gasteiger charge is 2.23. The summed E-state index contributed by atoms with van der Waals surface area (Å²) in [4.78, 5) is 6.92. The number of allylic oxidation sites excluding steroid dienone is 2. The van der Waals surface area contributed by atoms with E-state index in [1.54, 1.807) is 0 Å². The van der Waals surface area contributed by atoms with Crippen LogP contribution in [-0.4, -0.2) is 5.84 Å². The lowest BCUT2D eigenvalue weighted by Gasteiger charge is -2.11. The van der Waals surface area contributed by atoms with E-state index in [1.807, 2.05) is 11.8 Å². The van der Waals surface area contributed by atoms with Crippen molar-refractivity contribution in [3.05, 3.63) is 70.3 Å². The highest BCUT2D eigenvalue weighted by molar-refractivity contribution is 9.11. The summed E-state index contributed by atoms with van der Waals surface area (Å²) in [6.07, 6.45) is 2.74. The van der Waals surface area contributed by atoms with Gasteiger partial charge in [0, 0.05) is 16.2 Å². The maximum atomic E-state index is 6.10. The zero-order valence-corrected chi connectivity index (χ0v) is 14.1. The highest BCUT2D eigenvalue weighted by atomic mass is 79.9. The van der Waals surface area contributed by atoms with Crippen LogP contribution in [0, 0.1) is 0 Å². The van der Waals surface area contributed by atoms with Gasteiger partial charge in [0.2, 0.25) is 0 Å². The number of fused-ring (bicyclic) bond motifs is 4. The Labute approximate surface area is 142 Å². The molecule has 0 atom stereocenters. The Hall–Kier alpha value is -1.78. The molecule has 0 bridgehead atoms. The normalized spacial score (nSPS) is 16.6. The lowest BCUT2D eigenvalue weighted by Crippen LogP contribution is -2.11. The number of hydrogen-bond donors (Lipinski definition) is 1. The molecular weight excluding hydrogens is 356 g/mol. The molecule has 2 nitrogen and oxygen atoms in total. The predicted molar refractivity (Wildman–Crippen MR) is 97.1 cm³/mol. The van der Waals surface area contributed by atoms with Gasteiger partial charge in [0.25, 0.3) is 0 Å². The zero-order valence-electron chi connectivity index (χ0n) is 11.7. The number of rotatable bonds is 0. The van der Waals surface area contributed by atoms with Crippen molar-refractivity contribution >= 4 is 44.7 Å². The number of aliphatic imine (C=N–C) groups is 1. The standard InChI is InChI=1S/C18H13BrN2S/c19-17-9-13-11-5-1-3-7-15(11)22-16-8-4-2-6-12(16)14(13)10-18(20)21-17/h1-9H,10H2,(H2,20,21). The Balaban J connectivity index is 2.08. The number of nitrogens with two attached hydrogens (primary N) is 1. The Morgan fingerprint density at radius 3 is 2.36 bits per heavy atom. The first kappa shape index (κ1) is 13.9. The third kappa shape index (κ3) is 2.32. The van der Waals surface area contributed by atoms with Crippen LogP contribution in [-0.2, 0) is 0 Å². The summed E-state index contributed by atoms with van der Waals surface area (Å²) in [6, 6.07) is 17.0. The largest absolute Gasteiger partial charge is 0.387 e. The molecule has 2 aliphatic heterocycles. The van der Waals surface area contributed by atoms with Crippen molar-refractivity contribution in [2.24, 2.45) is 10.7 Å². The highest BCUT2D eigenvalue weighted by Crippen LogP contribution is 2.46. The molecule has 0 amide bonds. The van der Waals surface area contributed by atoms with Crippen LogP contribution in [0.1, 0.15) is 17.5 Å². The van der Waals surface area contributed by atoms with Crippen LogP contribution in [0.5, 0.6) is 0 Å². The molecule has 0 saturated heterocycles. The minimum atomic E-state index is 0.632. The molecule has 0 saturated carbocycles. The number of benzene rings is 2. The zero-order chi connectivity index (χ0) is 15.1. The predicted octanol–water partition coefficient (Wildman–Crippen LogP) is 5.06. The first-order chi connectivity index (χ1) is 10.7. The van der Waals surface area contributed by atoms with Crippen molar-refractivity contribution in [1.29, 1.82) is 0 Å². The third-order valence-electron chi connectivity index (χ3n) is 3.81. The molecule has 2 aromatic carbocycles. The van der Waals surface area contributed by atoms with E-state index in [2.05, 4.69) is 75.5 Å². The molecular formula is C18H13BrN2S. The van der Waals surface area contributed by atoms with Crippen LogP contribution in [0.15, 0.2) is 74.0 Å². The monoisotopic (exact) mass is 368 g/mol. The topological polar surface area (TPSA) is 38.4 Å². The van der Waals surface area contributed by atoms with Crippen molar-refractivity contribution < 1.29 is 0 Å². The number of nitrogens with zero attached hydrogens (tertiary/aromatic N) is 1. The molecule has 2 N–H and O–H groups in total. The number of hydrogen-bond acceptors (Lipinski definition) is 3. The maximum absolute atomic E-state index is 6.10. The van der Waals surface area contributed by atoms with Crippen LogP contribution in [0.25, 0.3) is 11.1 Å². The first-order valence-corrected chi connectivity index (χ1v) is 8.63. The van der Waals surface area contributed by atoms with Gasteiger partial charge in [-0.25, -0.2) is 4.99 Å². The van der Waals surface area contributed by atoms with Gasteiger partial charge >= 0.3 is 0 Å². The summed E-state index contributed by atoms with van der Waals surface area (Å²) >= 11 is 5.32. The number of amidine groups is 1. The molecule has 2 aliphatic rings. The van der Waals surface area contributed by atoms with Gasteiger partial charge in [-0.05, 0) is 56.4 Å². The molecule has 108 valence electrons. The van der Waals surface area contributed by atoms with Gasteiger partial charge in [-0.15, -0.1) is 0 Å². The second-order valence-electron chi connectivity index (χ2n) is 5.23. The Morgan fingerprint density at radius 2 is 1.59 bits per heavy atom. The van der Waals surface area contributed by atoms with E-state index in [-0.39, 0.29) is 0 Å². The van der Waals surface area contributed by atoms with Crippen LogP contribution in [0.2, 0.25) is 0 Å². The van der Waals surface area contributed by atoms with E-state index >= 15 is 0 Å². The Morgan fingerprint density at radius 1 is 0.955 bits per heavy atom. The van der Waals surface area contributed by atoms with Gasteiger partial charge < -0.3 is 5.73 Å². The molecule has 22 heavy (non-hydrogen) atoms. The molecule has 2 aromatic rings. The fourth-order valence-electron chi connectivity index (χ4n) is 2.87.